The molecule has 0 spiro atoms. The van der Waals surface area contributed by atoms with Gasteiger partial charge in [-0.15, -0.1) is 0 Å². The van der Waals surface area contributed by atoms with Crippen LogP contribution in [0.1, 0.15) is 16.8 Å². The number of rotatable bonds is 5. The van der Waals surface area contributed by atoms with E-state index in [4.69, 9.17) is 4.52 Å². The number of hydrogen-bond acceptors (Lipinski definition) is 3. The molecule has 0 saturated heterocycles. The number of carbonyl (C=O) groups excluding carboxylic acids is 1. The average molecular weight is 356 g/mol. The van der Waals surface area contributed by atoms with Crippen molar-refractivity contribution in [2.45, 2.75) is 19.9 Å². The van der Waals surface area contributed by atoms with Crippen molar-refractivity contribution in [2.75, 3.05) is 4.90 Å². The van der Waals surface area contributed by atoms with Gasteiger partial charge in [0.1, 0.15) is 5.69 Å². The molecule has 0 bridgehead atoms. The Morgan fingerprint density at radius 3 is 2.41 bits per heavy atom. The molecule has 27 heavy (non-hydrogen) atoms. The summed E-state index contributed by atoms with van der Waals surface area (Å²) in [6.45, 7) is 2.55. The van der Waals surface area contributed by atoms with Crippen LogP contribution in [0.2, 0.25) is 0 Å². The van der Waals surface area contributed by atoms with Gasteiger partial charge in [0.15, 0.2) is 5.58 Å². The Kier molecular flexibility index (Phi) is 4.71. The summed E-state index contributed by atoms with van der Waals surface area (Å²) >= 11 is 0. The molecular weight excluding hydrogens is 336 g/mol. The normalized spacial score (nSPS) is 10.9. The van der Waals surface area contributed by atoms with Gasteiger partial charge in [0.2, 0.25) is 5.91 Å². The fourth-order valence-electron chi connectivity index (χ4n) is 3.12. The van der Waals surface area contributed by atoms with Crippen LogP contribution in [0.15, 0.2) is 83.4 Å². The highest BCUT2D eigenvalue weighted by atomic mass is 16.5. The predicted octanol–water partition coefficient (Wildman–Crippen LogP) is 4.91. The maximum atomic E-state index is 13.2. The number of amides is 1. The third kappa shape index (κ3) is 3.75. The second kappa shape index (κ2) is 7.46. The molecule has 4 heteroatoms. The van der Waals surface area contributed by atoms with Crippen molar-refractivity contribution < 1.29 is 9.32 Å². The van der Waals surface area contributed by atoms with E-state index in [-0.39, 0.29) is 12.3 Å². The number of para-hydroxylation sites is 1. The Labute approximate surface area is 158 Å². The van der Waals surface area contributed by atoms with Crippen molar-refractivity contribution in [3.63, 3.8) is 0 Å². The molecule has 4 aromatic rings. The van der Waals surface area contributed by atoms with E-state index in [1.165, 1.54) is 0 Å². The Morgan fingerprint density at radius 2 is 1.63 bits per heavy atom. The first kappa shape index (κ1) is 17.0. The molecule has 1 heterocycles. The molecule has 0 unspecified atom stereocenters. The molecule has 0 saturated carbocycles. The number of aromatic nitrogens is 1. The minimum Gasteiger partial charge on any atom is -0.356 e. The summed E-state index contributed by atoms with van der Waals surface area (Å²) in [6, 6.07) is 25.6. The van der Waals surface area contributed by atoms with E-state index in [2.05, 4.69) is 5.16 Å². The highest BCUT2D eigenvalue weighted by molar-refractivity contribution is 5.96. The van der Waals surface area contributed by atoms with Gasteiger partial charge in [-0.2, -0.15) is 0 Å². The topological polar surface area (TPSA) is 46.3 Å². The summed E-state index contributed by atoms with van der Waals surface area (Å²) in [5.41, 5.74) is 4.48. The van der Waals surface area contributed by atoms with Crippen molar-refractivity contribution in [2.24, 2.45) is 0 Å². The van der Waals surface area contributed by atoms with Crippen LogP contribution in [0, 0.1) is 6.92 Å². The van der Waals surface area contributed by atoms with Crippen LogP contribution >= 0.6 is 0 Å². The lowest BCUT2D eigenvalue weighted by atomic mass is 10.1. The highest BCUT2D eigenvalue weighted by Crippen LogP contribution is 2.22. The maximum absolute atomic E-state index is 13.2. The molecular formula is C23H20N2O2. The van der Waals surface area contributed by atoms with Crippen molar-refractivity contribution in [3.05, 3.63) is 95.7 Å². The standard InChI is InChI=1S/C23H20N2O2/c1-17-11-13-19(14-12-17)25(16-18-7-3-2-4-8-18)23(26)15-21-20-9-5-6-10-22(20)27-24-21/h2-14H,15-16H2,1H3. The molecule has 0 aliphatic rings. The Balaban J connectivity index is 1.64. The van der Waals surface area contributed by atoms with E-state index in [1.54, 1.807) is 4.90 Å². The number of nitrogens with zero attached hydrogens (tertiary/aromatic N) is 2. The number of anilines is 1. The SMILES string of the molecule is Cc1ccc(N(Cc2ccccc2)C(=O)Cc2noc3ccccc23)cc1. The summed E-state index contributed by atoms with van der Waals surface area (Å²) in [4.78, 5) is 15.0. The van der Waals surface area contributed by atoms with E-state index >= 15 is 0 Å². The summed E-state index contributed by atoms with van der Waals surface area (Å²) in [5, 5.41) is 4.99. The number of fused-ring (bicyclic) bond motifs is 1. The van der Waals surface area contributed by atoms with Crippen LogP contribution < -0.4 is 4.90 Å². The zero-order valence-corrected chi connectivity index (χ0v) is 15.1. The molecule has 0 fully saturated rings. The second-order valence-electron chi connectivity index (χ2n) is 6.60. The molecule has 0 aliphatic carbocycles. The smallest absolute Gasteiger partial charge is 0.233 e. The molecule has 0 radical (unpaired) electrons. The first-order chi connectivity index (χ1) is 13.2. The second-order valence-corrected chi connectivity index (χ2v) is 6.60. The van der Waals surface area contributed by atoms with Crippen LogP contribution in [0.25, 0.3) is 11.0 Å². The lowest BCUT2D eigenvalue weighted by Crippen LogP contribution is -2.31. The number of carbonyl (C=O) groups is 1. The number of benzene rings is 3. The van der Waals surface area contributed by atoms with Gasteiger partial charge in [-0.1, -0.05) is 65.3 Å². The predicted molar refractivity (Wildman–Crippen MR) is 107 cm³/mol. The lowest BCUT2D eigenvalue weighted by Gasteiger charge is -2.23. The molecule has 1 amide bonds. The van der Waals surface area contributed by atoms with Gasteiger partial charge in [-0.05, 0) is 36.8 Å². The average Bonchev–Trinajstić information content (AvgIpc) is 3.11. The molecule has 0 aliphatic heterocycles. The Morgan fingerprint density at radius 1 is 0.926 bits per heavy atom. The van der Waals surface area contributed by atoms with Gasteiger partial charge in [-0.25, -0.2) is 0 Å². The minimum absolute atomic E-state index is 0.0123. The molecule has 0 atom stereocenters. The fourth-order valence-corrected chi connectivity index (χ4v) is 3.12. The van der Waals surface area contributed by atoms with E-state index < -0.39 is 0 Å². The third-order valence-electron chi connectivity index (χ3n) is 4.60. The molecule has 4 rings (SSSR count). The fraction of sp³-hybridized carbons (Fsp3) is 0.130. The molecule has 134 valence electrons. The molecule has 4 nitrogen and oxygen atoms in total. The largest absolute Gasteiger partial charge is 0.356 e. The van der Waals surface area contributed by atoms with Crippen molar-refractivity contribution in [1.82, 2.24) is 5.16 Å². The molecule has 0 N–H and O–H groups in total. The number of hydrogen-bond donors (Lipinski definition) is 0. The van der Waals surface area contributed by atoms with Crippen LogP contribution in [-0.2, 0) is 17.8 Å². The third-order valence-corrected chi connectivity index (χ3v) is 4.60. The van der Waals surface area contributed by atoms with Gasteiger partial charge >= 0.3 is 0 Å². The van der Waals surface area contributed by atoms with Gasteiger partial charge in [0.25, 0.3) is 0 Å². The summed E-state index contributed by atoms with van der Waals surface area (Å²) in [7, 11) is 0. The Hall–Kier alpha value is -3.40. The Bertz CT molecular complexity index is 1050. The van der Waals surface area contributed by atoms with E-state index in [0.717, 1.165) is 22.2 Å². The van der Waals surface area contributed by atoms with E-state index in [0.29, 0.717) is 17.8 Å². The first-order valence-electron chi connectivity index (χ1n) is 8.95. The zero-order valence-electron chi connectivity index (χ0n) is 15.1. The highest BCUT2D eigenvalue weighted by Gasteiger charge is 2.20. The molecule has 3 aromatic carbocycles. The van der Waals surface area contributed by atoms with Gasteiger partial charge in [-0.3, -0.25) is 4.79 Å². The van der Waals surface area contributed by atoms with Crippen LogP contribution in [-0.4, -0.2) is 11.1 Å². The van der Waals surface area contributed by atoms with Crippen molar-refractivity contribution in [1.29, 1.82) is 0 Å². The molecule has 1 aromatic heterocycles. The van der Waals surface area contributed by atoms with Crippen LogP contribution in [0.4, 0.5) is 5.69 Å². The van der Waals surface area contributed by atoms with Gasteiger partial charge in [0, 0.05) is 11.1 Å². The van der Waals surface area contributed by atoms with Crippen LogP contribution in [0.3, 0.4) is 0 Å². The lowest BCUT2D eigenvalue weighted by molar-refractivity contribution is -0.118. The van der Waals surface area contributed by atoms with Crippen molar-refractivity contribution >= 4 is 22.6 Å². The van der Waals surface area contributed by atoms with E-state index in [1.807, 2.05) is 85.8 Å². The number of aryl methyl sites for hydroxylation is 1. The van der Waals surface area contributed by atoms with Crippen LogP contribution in [0.5, 0.6) is 0 Å². The van der Waals surface area contributed by atoms with Crippen molar-refractivity contribution in [3.8, 4) is 0 Å². The summed E-state index contributed by atoms with van der Waals surface area (Å²) in [5.74, 6) is -0.0123. The van der Waals surface area contributed by atoms with E-state index in [9.17, 15) is 4.79 Å². The van der Waals surface area contributed by atoms with Gasteiger partial charge in [0.05, 0.1) is 13.0 Å². The summed E-state index contributed by atoms with van der Waals surface area (Å²) < 4.78 is 5.35. The van der Waals surface area contributed by atoms with Gasteiger partial charge < -0.3 is 9.42 Å². The maximum Gasteiger partial charge on any atom is 0.233 e. The summed E-state index contributed by atoms with van der Waals surface area (Å²) in [6.07, 6.45) is 0.192. The minimum atomic E-state index is -0.0123. The quantitative estimate of drug-likeness (QED) is 0.510. The zero-order chi connectivity index (χ0) is 18.6. The monoisotopic (exact) mass is 356 g/mol. The first-order valence-corrected chi connectivity index (χ1v) is 8.95.